The first kappa shape index (κ1) is 12.9. The highest BCUT2D eigenvalue weighted by atomic mass is 15.0. The maximum atomic E-state index is 5.71. The molecule has 0 amide bonds. The molecule has 102 valence electrons. The highest BCUT2D eigenvalue weighted by molar-refractivity contribution is 5.66. The lowest BCUT2D eigenvalue weighted by Gasteiger charge is -2.02. The normalized spacial score (nSPS) is 11.2. The smallest absolute Gasteiger partial charge is 0.137 e. The first-order chi connectivity index (χ1) is 9.72. The van der Waals surface area contributed by atoms with Crippen LogP contribution in [0.25, 0.3) is 16.9 Å². The average Bonchev–Trinajstić information content (AvgIpc) is 2.84. The highest BCUT2D eigenvalue weighted by Crippen LogP contribution is 2.24. The van der Waals surface area contributed by atoms with E-state index in [9.17, 15) is 0 Å². The Morgan fingerprint density at radius 2 is 1.75 bits per heavy atom. The summed E-state index contributed by atoms with van der Waals surface area (Å²) in [7, 11) is 0. The Balaban J connectivity index is 2.13. The van der Waals surface area contributed by atoms with Crippen molar-refractivity contribution in [2.75, 3.05) is 0 Å². The van der Waals surface area contributed by atoms with Crippen molar-refractivity contribution in [3.8, 4) is 11.3 Å². The van der Waals surface area contributed by atoms with E-state index in [0.29, 0.717) is 6.54 Å². The van der Waals surface area contributed by atoms with Crippen LogP contribution in [0.1, 0.15) is 23.7 Å². The molecule has 2 aromatic heterocycles. The lowest BCUT2D eigenvalue weighted by atomic mass is 10.1. The number of hydrogen-bond donors (Lipinski definition) is 1. The molecule has 0 unspecified atom stereocenters. The van der Waals surface area contributed by atoms with Gasteiger partial charge in [-0.2, -0.15) is 0 Å². The van der Waals surface area contributed by atoms with Crippen LogP contribution in [0.4, 0.5) is 0 Å². The van der Waals surface area contributed by atoms with E-state index in [1.165, 1.54) is 5.56 Å². The lowest BCUT2D eigenvalue weighted by Crippen LogP contribution is -1.98. The Hall–Kier alpha value is -2.13. The predicted molar refractivity (Wildman–Crippen MR) is 82.6 cm³/mol. The van der Waals surface area contributed by atoms with Crippen LogP contribution in [0.15, 0.2) is 42.6 Å². The Morgan fingerprint density at radius 1 is 1.05 bits per heavy atom. The molecule has 20 heavy (non-hydrogen) atoms. The second kappa shape index (κ2) is 5.10. The average molecular weight is 265 g/mol. The van der Waals surface area contributed by atoms with E-state index in [4.69, 9.17) is 10.7 Å². The molecule has 0 aliphatic carbocycles. The van der Waals surface area contributed by atoms with Gasteiger partial charge < -0.3 is 10.1 Å². The molecule has 0 atom stereocenters. The van der Waals surface area contributed by atoms with Crippen LogP contribution < -0.4 is 5.73 Å². The fourth-order valence-electron chi connectivity index (χ4n) is 2.50. The van der Waals surface area contributed by atoms with E-state index in [2.05, 4.69) is 48.7 Å². The van der Waals surface area contributed by atoms with Crippen molar-refractivity contribution >= 4 is 5.65 Å². The van der Waals surface area contributed by atoms with E-state index in [1.807, 2.05) is 12.1 Å². The van der Waals surface area contributed by atoms with Crippen molar-refractivity contribution in [3.63, 3.8) is 0 Å². The van der Waals surface area contributed by atoms with Gasteiger partial charge in [-0.05, 0) is 30.5 Å². The molecule has 0 radical (unpaired) electrons. The third kappa shape index (κ3) is 2.10. The van der Waals surface area contributed by atoms with Crippen molar-refractivity contribution in [1.82, 2.24) is 9.38 Å². The van der Waals surface area contributed by atoms with Gasteiger partial charge in [0.05, 0.1) is 5.69 Å². The van der Waals surface area contributed by atoms with E-state index in [-0.39, 0.29) is 0 Å². The summed E-state index contributed by atoms with van der Waals surface area (Å²) >= 11 is 0. The van der Waals surface area contributed by atoms with Crippen LogP contribution in [0.5, 0.6) is 0 Å². The Bertz CT molecular complexity index is 739. The first-order valence-corrected chi connectivity index (χ1v) is 7.00. The van der Waals surface area contributed by atoms with Gasteiger partial charge in [-0.25, -0.2) is 4.98 Å². The van der Waals surface area contributed by atoms with Crippen LogP contribution >= 0.6 is 0 Å². The molecular weight excluding hydrogens is 246 g/mol. The minimum Gasteiger partial charge on any atom is -0.326 e. The minimum atomic E-state index is 0.550. The Kier molecular flexibility index (Phi) is 3.28. The van der Waals surface area contributed by atoms with E-state index in [0.717, 1.165) is 34.6 Å². The van der Waals surface area contributed by atoms with Gasteiger partial charge in [-0.15, -0.1) is 0 Å². The van der Waals surface area contributed by atoms with Gasteiger partial charge in [0.25, 0.3) is 0 Å². The van der Waals surface area contributed by atoms with Gasteiger partial charge in [-0.3, -0.25) is 0 Å². The van der Waals surface area contributed by atoms with Gasteiger partial charge in [0.2, 0.25) is 0 Å². The van der Waals surface area contributed by atoms with Crippen molar-refractivity contribution in [3.05, 3.63) is 59.4 Å². The molecule has 3 rings (SSSR count). The van der Waals surface area contributed by atoms with Gasteiger partial charge in [-0.1, -0.05) is 37.3 Å². The number of aryl methyl sites for hydroxylation is 2. The maximum absolute atomic E-state index is 5.71. The number of hydrogen-bond acceptors (Lipinski definition) is 2. The molecule has 0 saturated carbocycles. The molecule has 3 heteroatoms. The molecule has 1 aromatic carbocycles. The van der Waals surface area contributed by atoms with Crippen molar-refractivity contribution in [2.24, 2.45) is 5.73 Å². The summed E-state index contributed by atoms with van der Waals surface area (Å²) in [6.45, 7) is 4.82. The Labute approximate surface area is 119 Å². The SMILES string of the molecule is CCc1ccc(-c2nc3ccc(CN)cn3c2C)cc1. The summed E-state index contributed by atoms with van der Waals surface area (Å²) in [4.78, 5) is 4.74. The standard InChI is InChI=1S/C17H19N3/c1-3-13-4-7-15(8-5-13)17-12(2)20-11-14(10-18)6-9-16(20)19-17/h4-9,11H,3,10,18H2,1-2H3. The molecule has 0 spiro atoms. The molecule has 0 saturated heterocycles. The third-order valence-corrected chi connectivity index (χ3v) is 3.79. The molecule has 0 aliphatic rings. The van der Waals surface area contributed by atoms with Crippen molar-refractivity contribution in [1.29, 1.82) is 0 Å². The van der Waals surface area contributed by atoms with E-state index < -0.39 is 0 Å². The first-order valence-electron chi connectivity index (χ1n) is 7.00. The summed E-state index contributed by atoms with van der Waals surface area (Å²) in [5.74, 6) is 0. The molecular formula is C17H19N3. The maximum Gasteiger partial charge on any atom is 0.137 e. The van der Waals surface area contributed by atoms with Gasteiger partial charge in [0, 0.05) is 24.0 Å². The van der Waals surface area contributed by atoms with Crippen LogP contribution in [0.3, 0.4) is 0 Å². The molecule has 3 aromatic rings. The van der Waals surface area contributed by atoms with Crippen LogP contribution in [-0.2, 0) is 13.0 Å². The van der Waals surface area contributed by atoms with Crippen molar-refractivity contribution in [2.45, 2.75) is 26.8 Å². The van der Waals surface area contributed by atoms with E-state index in [1.54, 1.807) is 0 Å². The summed E-state index contributed by atoms with van der Waals surface area (Å²) in [5.41, 5.74) is 12.5. The second-order valence-electron chi connectivity index (χ2n) is 5.07. The second-order valence-corrected chi connectivity index (χ2v) is 5.07. The zero-order valence-electron chi connectivity index (χ0n) is 11.9. The number of pyridine rings is 1. The molecule has 0 aliphatic heterocycles. The molecule has 0 bridgehead atoms. The summed E-state index contributed by atoms with van der Waals surface area (Å²) < 4.78 is 2.12. The van der Waals surface area contributed by atoms with E-state index >= 15 is 0 Å². The number of aromatic nitrogens is 2. The third-order valence-electron chi connectivity index (χ3n) is 3.79. The monoisotopic (exact) mass is 265 g/mol. The van der Waals surface area contributed by atoms with Gasteiger partial charge >= 0.3 is 0 Å². The van der Waals surface area contributed by atoms with Gasteiger partial charge in [0.1, 0.15) is 5.65 Å². The van der Waals surface area contributed by atoms with Crippen LogP contribution in [0.2, 0.25) is 0 Å². The molecule has 3 nitrogen and oxygen atoms in total. The lowest BCUT2D eigenvalue weighted by molar-refractivity contribution is 1.01. The summed E-state index contributed by atoms with van der Waals surface area (Å²) in [5, 5.41) is 0. The molecule has 2 N–H and O–H groups in total. The number of fused-ring (bicyclic) bond motifs is 1. The van der Waals surface area contributed by atoms with Crippen LogP contribution in [0, 0.1) is 6.92 Å². The topological polar surface area (TPSA) is 43.3 Å². The zero-order valence-corrected chi connectivity index (χ0v) is 11.9. The van der Waals surface area contributed by atoms with Crippen LogP contribution in [-0.4, -0.2) is 9.38 Å². The largest absolute Gasteiger partial charge is 0.326 e. The number of imidazole rings is 1. The fraction of sp³-hybridized carbons (Fsp3) is 0.235. The quantitative estimate of drug-likeness (QED) is 0.789. The van der Waals surface area contributed by atoms with Crippen molar-refractivity contribution < 1.29 is 0 Å². The Morgan fingerprint density at radius 3 is 2.40 bits per heavy atom. The highest BCUT2D eigenvalue weighted by Gasteiger charge is 2.10. The number of nitrogens with zero attached hydrogens (tertiary/aromatic N) is 2. The fourth-order valence-corrected chi connectivity index (χ4v) is 2.50. The zero-order chi connectivity index (χ0) is 14.1. The number of benzene rings is 1. The number of rotatable bonds is 3. The number of nitrogens with two attached hydrogens (primary N) is 1. The molecule has 2 heterocycles. The minimum absolute atomic E-state index is 0.550. The summed E-state index contributed by atoms with van der Waals surface area (Å²) in [6.07, 6.45) is 3.13. The summed E-state index contributed by atoms with van der Waals surface area (Å²) in [6, 6.07) is 12.7. The predicted octanol–water partition coefficient (Wildman–Crippen LogP) is 3.33. The van der Waals surface area contributed by atoms with Gasteiger partial charge in [0.15, 0.2) is 0 Å². The molecule has 0 fully saturated rings.